The third-order valence-electron chi connectivity index (χ3n) is 2.31. The number of hydrogen-bond acceptors (Lipinski definition) is 6. The lowest BCUT2D eigenvalue weighted by Gasteiger charge is -2.44. The zero-order valence-corrected chi connectivity index (χ0v) is 7.16. The Morgan fingerprint density at radius 3 is 2.23 bits per heavy atom. The lowest BCUT2D eigenvalue weighted by Crippen LogP contribution is -2.65. The van der Waals surface area contributed by atoms with Gasteiger partial charge >= 0.3 is 0 Å². The van der Waals surface area contributed by atoms with Crippen LogP contribution in [0.2, 0.25) is 0 Å². The zero-order valence-electron chi connectivity index (χ0n) is 7.16. The van der Waals surface area contributed by atoms with E-state index >= 15 is 0 Å². The van der Waals surface area contributed by atoms with E-state index in [1.54, 1.807) is 0 Å². The lowest BCUT2D eigenvalue weighted by atomic mass is 9.86. The maximum absolute atomic E-state index is 9.53. The van der Waals surface area contributed by atoms with E-state index in [9.17, 15) is 15.3 Å². The van der Waals surface area contributed by atoms with Gasteiger partial charge in [0.05, 0.1) is 6.61 Å². The molecule has 0 aromatic heterocycles. The Hall–Kier alpha value is -0.240. The average molecular weight is 194 g/mol. The lowest BCUT2D eigenvalue weighted by molar-refractivity contribution is -0.316. The summed E-state index contributed by atoms with van der Waals surface area (Å²) in [6.07, 6.45) is -5.72. The second-order valence-corrected chi connectivity index (χ2v) is 3.36. The van der Waals surface area contributed by atoms with E-state index in [2.05, 4.69) is 4.74 Å². The molecule has 0 aromatic rings. The first kappa shape index (κ1) is 10.8. The Morgan fingerprint density at radius 2 is 1.77 bits per heavy atom. The Bertz CT molecular complexity index is 182. The molecule has 1 heterocycles. The molecule has 13 heavy (non-hydrogen) atoms. The van der Waals surface area contributed by atoms with Crippen LogP contribution in [0, 0.1) is 0 Å². The predicted molar refractivity (Wildman–Crippen MR) is 40.6 cm³/mol. The molecule has 2 unspecified atom stereocenters. The smallest absolute Gasteiger partial charge is 0.184 e. The summed E-state index contributed by atoms with van der Waals surface area (Å²) in [5.41, 5.74) is -1.88. The fourth-order valence-corrected chi connectivity index (χ4v) is 1.31. The van der Waals surface area contributed by atoms with Gasteiger partial charge in [-0.2, -0.15) is 0 Å². The summed E-state index contributed by atoms with van der Waals surface area (Å²) in [4.78, 5) is 0. The molecule has 0 radical (unpaired) electrons. The molecule has 5 atom stereocenters. The average Bonchev–Trinajstić information content (AvgIpc) is 2.09. The van der Waals surface area contributed by atoms with Gasteiger partial charge in [0.1, 0.15) is 23.9 Å². The molecule has 0 amide bonds. The van der Waals surface area contributed by atoms with E-state index in [0.29, 0.717) is 0 Å². The highest BCUT2D eigenvalue weighted by Gasteiger charge is 2.51. The van der Waals surface area contributed by atoms with Gasteiger partial charge < -0.3 is 30.3 Å². The van der Waals surface area contributed by atoms with E-state index in [1.807, 2.05) is 0 Å². The molecule has 78 valence electrons. The Balaban J connectivity index is 2.82. The van der Waals surface area contributed by atoms with E-state index < -0.39 is 36.8 Å². The van der Waals surface area contributed by atoms with Crippen molar-refractivity contribution >= 4 is 0 Å². The highest BCUT2D eigenvalue weighted by atomic mass is 16.6. The van der Waals surface area contributed by atoms with Gasteiger partial charge in [0.15, 0.2) is 6.29 Å². The summed E-state index contributed by atoms with van der Waals surface area (Å²) in [7, 11) is 0. The highest BCUT2D eigenvalue weighted by Crippen LogP contribution is 2.28. The molecule has 0 aromatic carbocycles. The van der Waals surface area contributed by atoms with Crippen molar-refractivity contribution in [1.29, 1.82) is 0 Å². The Morgan fingerprint density at radius 1 is 1.23 bits per heavy atom. The maximum atomic E-state index is 9.53. The van der Waals surface area contributed by atoms with Crippen LogP contribution in [0.3, 0.4) is 0 Å². The summed E-state index contributed by atoms with van der Waals surface area (Å²) < 4.78 is 4.64. The quantitative estimate of drug-likeness (QED) is 0.308. The molecule has 0 aliphatic carbocycles. The molecule has 1 saturated heterocycles. The Labute approximate surface area is 75.0 Å². The van der Waals surface area contributed by atoms with Gasteiger partial charge in [-0.15, -0.1) is 0 Å². The van der Waals surface area contributed by atoms with Crippen LogP contribution in [0.25, 0.3) is 0 Å². The summed E-state index contributed by atoms with van der Waals surface area (Å²) in [6.45, 7) is 0.623. The molecular formula is C7H14O6. The highest BCUT2D eigenvalue weighted by molar-refractivity contribution is 4.98. The van der Waals surface area contributed by atoms with Crippen LogP contribution in [0.1, 0.15) is 6.92 Å². The van der Waals surface area contributed by atoms with E-state index in [4.69, 9.17) is 10.2 Å². The predicted octanol–water partition coefficient (Wildman–Crippen LogP) is -2.83. The first-order chi connectivity index (χ1) is 5.91. The van der Waals surface area contributed by atoms with Crippen molar-refractivity contribution < 1.29 is 30.3 Å². The second-order valence-electron chi connectivity index (χ2n) is 3.36. The van der Waals surface area contributed by atoms with Crippen LogP contribution < -0.4 is 0 Å². The first-order valence-corrected chi connectivity index (χ1v) is 3.94. The third-order valence-corrected chi connectivity index (χ3v) is 2.31. The van der Waals surface area contributed by atoms with Crippen molar-refractivity contribution in [2.24, 2.45) is 0 Å². The van der Waals surface area contributed by atoms with Crippen LogP contribution in [-0.4, -0.2) is 62.3 Å². The fourth-order valence-electron chi connectivity index (χ4n) is 1.31. The normalized spacial score (nSPS) is 52.2. The molecule has 0 spiro atoms. The number of aliphatic hydroxyl groups is 5. The van der Waals surface area contributed by atoms with Gasteiger partial charge in [-0.1, -0.05) is 0 Å². The van der Waals surface area contributed by atoms with Crippen LogP contribution in [0.4, 0.5) is 0 Å². The van der Waals surface area contributed by atoms with Crippen molar-refractivity contribution in [3.05, 3.63) is 0 Å². The molecule has 1 aliphatic rings. The fraction of sp³-hybridized carbons (Fsp3) is 1.00. The van der Waals surface area contributed by atoms with Gasteiger partial charge in [-0.25, -0.2) is 0 Å². The van der Waals surface area contributed by atoms with Crippen molar-refractivity contribution in [1.82, 2.24) is 0 Å². The standard InChI is InChI=1S/C7H14O6/c1-7(12)4(9)3(2-8)13-6(11)5(7)10/h3-6,8-12H,2H2,1H3/t3?,4-,5+,6?,7+/m0/s1. The van der Waals surface area contributed by atoms with E-state index in [-0.39, 0.29) is 0 Å². The number of ether oxygens (including phenoxy) is 1. The number of hydrogen-bond donors (Lipinski definition) is 5. The van der Waals surface area contributed by atoms with E-state index in [1.165, 1.54) is 0 Å². The SMILES string of the molecule is C[C@]1(O)[C@H](O)C(O)OC(CO)[C@@H]1O. The largest absolute Gasteiger partial charge is 0.394 e. The molecule has 1 fully saturated rings. The number of aliphatic hydroxyl groups excluding tert-OH is 4. The minimum Gasteiger partial charge on any atom is -0.394 e. The molecule has 5 N–H and O–H groups in total. The minimum atomic E-state index is -1.88. The molecule has 6 heteroatoms. The molecular weight excluding hydrogens is 180 g/mol. The molecule has 6 nitrogen and oxygen atoms in total. The van der Waals surface area contributed by atoms with Crippen LogP contribution in [0.5, 0.6) is 0 Å². The van der Waals surface area contributed by atoms with Crippen molar-refractivity contribution in [3.63, 3.8) is 0 Å². The van der Waals surface area contributed by atoms with Crippen molar-refractivity contribution in [2.45, 2.75) is 37.1 Å². The summed E-state index contributed by atoms with van der Waals surface area (Å²) >= 11 is 0. The van der Waals surface area contributed by atoms with Crippen LogP contribution in [-0.2, 0) is 4.74 Å². The molecule has 1 rings (SSSR count). The third kappa shape index (κ3) is 1.69. The number of rotatable bonds is 1. The second kappa shape index (κ2) is 3.49. The Kier molecular flexibility index (Phi) is 2.91. The van der Waals surface area contributed by atoms with E-state index in [0.717, 1.165) is 6.92 Å². The van der Waals surface area contributed by atoms with Gasteiger partial charge in [0.2, 0.25) is 0 Å². The van der Waals surface area contributed by atoms with Gasteiger partial charge in [-0.05, 0) is 6.92 Å². The van der Waals surface area contributed by atoms with Gasteiger partial charge in [0, 0.05) is 0 Å². The maximum Gasteiger partial charge on any atom is 0.184 e. The summed E-state index contributed by atoms with van der Waals surface area (Å²) in [5, 5.41) is 45.9. The first-order valence-electron chi connectivity index (χ1n) is 3.94. The van der Waals surface area contributed by atoms with Crippen LogP contribution >= 0.6 is 0 Å². The molecule has 1 aliphatic heterocycles. The molecule has 0 saturated carbocycles. The molecule has 0 bridgehead atoms. The summed E-state index contributed by atoms with van der Waals surface area (Å²) in [5.74, 6) is 0. The van der Waals surface area contributed by atoms with Gasteiger partial charge in [-0.3, -0.25) is 0 Å². The summed E-state index contributed by atoms with van der Waals surface area (Å²) in [6, 6.07) is 0. The monoisotopic (exact) mass is 194 g/mol. The van der Waals surface area contributed by atoms with Gasteiger partial charge in [0.25, 0.3) is 0 Å². The topological polar surface area (TPSA) is 110 Å². The van der Waals surface area contributed by atoms with Crippen molar-refractivity contribution in [3.8, 4) is 0 Å². The van der Waals surface area contributed by atoms with Crippen LogP contribution in [0.15, 0.2) is 0 Å². The van der Waals surface area contributed by atoms with Crippen molar-refractivity contribution in [2.75, 3.05) is 6.61 Å². The minimum absolute atomic E-state index is 0.541. The zero-order chi connectivity index (χ0) is 10.2.